The third-order valence-electron chi connectivity index (χ3n) is 6.18. The molecule has 0 spiro atoms. The maximum Gasteiger partial charge on any atom is 0.573 e. The Balaban J connectivity index is 1.50. The predicted octanol–water partition coefficient (Wildman–Crippen LogP) is 6.26. The van der Waals surface area contributed by atoms with Gasteiger partial charge in [-0.25, -0.2) is 4.39 Å². The zero-order valence-electron chi connectivity index (χ0n) is 15.9. The van der Waals surface area contributed by atoms with Crippen LogP contribution in [0, 0.1) is 29.5 Å². The molecule has 1 aromatic rings. The molecule has 1 aromatic carbocycles. The van der Waals surface area contributed by atoms with Gasteiger partial charge in [0.05, 0.1) is 5.92 Å². The molecule has 0 amide bonds. The monoisotopic (exact) mass is 402 g/mol. The standard InChI is InChI=1S/C21H26F4O3/c1-13-2-4-14(5-3-13)15-6-8-16(9-7-15)20(26)27-17-10-11-19(18(22)12-17)28-21(23,24)25/h10-16H,2-9H2,1H3. The van der Waals surface area contributed by atoms with E-state index in [-0.39, 0.29) is 11.7 Å². The van der Waals surface area contributed by atoms with Gasteiger partial charge in [0.25, 0.3) is 0 Å². The van der Waals surface area contributed by atoms with Crippen LogP contribution < -0.4 is 9.47 Å². The Morgan fingerprint density at radius 2 is 1.54 bits per heavy atom. The normalized spacial score (nSPS) is 28.6. The van der Waals surface area contributed by atoms with Crippen molar-refractivity contribution in [2.45, 2.75) is 64.7 Å². The van der Waals surface area contributed by atoms with Crippen LogP contribution in [0.3, 0.4) is 0 Å². The third-order valence-corrected chi connectivity index (χ3v) is 6.18. The second-order valence-electron chi connectivity index (χ2n) is 8.19. The van der Waals surface area contributed by atoms with Crippen molar-refractivity contribution in [1.29, 1.82) is 0 Å². The lowest BCUT2D eigenvalue weighted by Crippen LogP contribution is -2.29. The maximum absolute atomic E-state index is 13.7. The molecule has 2 fully saturated rings. The number of benzene rings is 1. The number of rotatable bonds is 4. The number of hydrogen-bond donors (Lipinski definition) is 0. The average molecular weight is 402 g/mol. The van der Waals surface area contributed by atoms with Gasteiger partial charge < -0.3 is 9.47 Å². The van der Waals surface area contributed by atoms with E-state index in [1.165, 1.54) is 25.7 Å². The number of halogens is 4. The minimum Gasteiger partial charge on any atom is -0.426 e. The SMILES string of the molecule is CC1CCC(C2CCC(C(=O)Oc3ccc(OC(F)(F)F)c(F)c3)CC2)CC1. The minimum atomic E-state index is -4.98. The number of carbonyl (C=O) groups excluding carboxylic acids is 1. The number of ether oxygens (including phenoxy) is 2. The molecule has 0 bridgehead atoms. The summed E-state index contributed by atoms with van der Waals surface area (Å²) in [5.74, 6) is -0.743. The van der Waals surface area contributed by atoms with Crippen molar-refractivity contribution >= 4 is 5.97 Å². The molecule has 0 heterocycles. The van der Waals surface area contributed by atoms with Gasteiger partial charge in [-0.15, -0.1) is 13.2 Å². The first kappa shape index (κ1) is 20.9. The Kier molecular flexibility index (Phi) is 6.50. The van der Waals surface area contributed by atoms with E-state index in [0.29, 0.717) is 5.92 Å². The third kappa shape index (κ3) is 5.61. The van der Waals surface area contributed by atoms with Gasteiger partial charge in [0.15, 0.2) is 11.6 Å². The van der Waals surface area contributed by atoms with E-state index >= 15 is 0 Å². The summed E-state index contributed by atoms with van der Waals surface area (Å²) in [4.78, 5) is 12.4. The number of esters is 1. The van der Waals surface area contributed by atoms with Gasteiger partial charge in [0.2, 0.25) is 0 Å². The average Bonchev–Trinajstić information content (AvgIpc) is 2.64. The quantitative estimate of drug-likeness (QED) is 0.339. The maximum atomic E-state index is 13.7. The van der Waals surface area contributed by atoms with Crippen LogP contribution in [0.25, 0.3) is 0 Å². The summed E-state index contributed by atoms with van der Waals surface area (Å²) in [6.45, 7) is 2.30. The van der Waals surface area contributed by atoms with E-state index in [0.717, 1.165) is 55.7 Å². The fraction of sp³-hybridized carbons (Fsp3) is 0.667. The topological polar surface area (TPSA) is 35.5 Å². The molecule has 3 nitrogen and oxygen atoms in total. The van der Waals surface area contributed by atoms with E-state index in [1.54, 1.807) is 0 Å². The largest absolute Gasteiger partial charge is 0.573 e. The summed E-state index contributed by atoms with van der Waals surface area (Å²) in [6, 6.07) is 2.66. The predicted molar refractivity (Wildman–Crippen MR) is 95.3 cm³/mol. The van der Waals surface area contributed by atoms with Gasteiger partial charge in [0.1, 0.15) is 5.75 Å². The summed E-state index contributed by atoms with van der Waals surface area (Å²) in [5, 5.41) is 0. The summed E-state index contributed by atoms with van der Waals surface area (Å²) < 4.78 is 59.1. The summed E-state index contributed by atoms with van der Waals surface area (Å²) in [5.41, 5.74) is 0. The molecular weight excluding hydrogens is 376 g/mol. The van der Waals surface area contributed by atoms with Crippen LogP contribution in [-0.4, -0.2) is 12.3 Å². The molecule has 2 aliphatic carbocycles. The Hall–Kier alpha value is -1.79. The molecule has 0 saturated heterocycles. The lowest BCUT2D eigenvalue weighted by molar-refractivity contribution is -0.275. The zero-order chi connectivity index (χ0) is 20.3. The van der Waals surface area contributed by atoms with E-state index in [4.69, 9.17) is 4.74 Å². The summed E-state index contributed by atoms with van der Waals surface area (Å²) in [7, 11) is 0. The van der Waals surface area contributed by atoms with Crippen LogP contribution in [0.1, 0.15) is 58.3 Å². The lowest BCUT2D eigenvalue weighted by atomic mass is 9.69. The minimum absolute atomic E-state index is 0.111. The fourth-order valence-electron chi connectivity index (χ4n) is 4.54. The number of alkyl halides is 3. The Bertz CT molecular complexity index is 673. The van der Waals surface area contributed by atoms with Crippen molar-refractivity contribution in [3.63, 3.8) is 0 Å². The van der Waals surface area contributed by atoms with Gasteiger partial charge in [-0.3, -0.25) is 4.79 Å². The van der Waals surface area contributed by atoms with Crippen LogP contribution in [0.15, 0.2) is 18.2 Å². The molecule has 0 aliphatic heterocycles. The smallest absolute Gasteiger partial charge is 0.426 e. The molecule has 0 aromatic heterocycles. The summed E-state index contributed by atoms with van der Waals surface area (Å²) in [6.07, 6.45) is 3.60. The number of hydrogen-bond acceptors (Lipinski definition) is 3. The fourth-order valence-corrected chi connectivity index (χ4v) is 4.54. The first-order valence-corrected chi connectivity index (χ1v) is 9.98. The van der Waals surface area contributed by atoms with Crippen molar-refractivity contribution in [3.05, 3.63) is 24.0 Å². The van der Waals surface area contributed by atoms with Gasteiger partial charge in [-0.1, -0.05) is 19.8 Å². The Morgan fingerprint density at radius 1 is 0.964 bits per heavy atom. The first-order valence-electron chi connectivity index (χ1n) is 9.98. The highest BCUT2D eigenvalue weighted by Gasteiger charge is 2.34. The van der Waals surface area contributed by atoms with Crippen molar-refractivity contribution < 1.29 is 31.8 Å². The van der Waals surface area contributed by atoms with Crippen LogP contribution in [-0.2, 0) is 4.79 Å². The van der Waals surface area contributed by atoms with Crippen molar-refractivity contribution in [2.75, 3.05) is 0 Å². The molecule has 28 heavy (non-hydrogen) atoms. The van der Waals surface area contributed by atoms with Gasteiger partial charge >= 0.3 is 12.3 Å². The molecule has 2 aliphatic rings. The van der Waals surface area contributed by atoms with Crippen molar-refractivity contribution in [2.24, 2.45) is 23.7 Å². The first-order chi connectivity index (χ1) is 13.2. The second kappa shape index (κ2) is 8.70. The van der Waals surface area contributed by atoms with E-state index in [9.17, 15) is 22.4 Å². The Labute approximate surface area is 162 Å². The highest BCUT2D eigenvalue weighted by Crippen LogP contribution is 2.41. The number of carbonyl (C=O) groups is 1. The molecule has 7 heteroatoms. The van der Waals surface area contributed by atoms with Gasteiger partial charge in [0, 0.05) is 6.07 Å². The van der Waals surface area contributed by atoms with Gasteiger partial charge in [-0.05, 0) is 68.4 Å². The molecule has 0 radical (unpaired) electrons. The summed E-state index contributed by atoms with van der Waals surface area (Å²) >= 11 is 0. The van der Waals surface area contributed by atoms with Gasteiger partial charge in [-0.2, -0.15) is 0 Å². The van der Waals surface area contributed by atoms with E-state index in [2.05, 4.69) is 11.7 Å². The lowest BCUT2D eigenvalue weighted by Gasteiger charge is -2.36. The van der Waals surface area contributed by atoms with Crippen LogP contribution in [0.4, 0.5) is 17.6 Å². The molecular formula is C21H26F4O3. The Morgan fingerprint density at radius 3 is 2.07 bits per heavy atom. The second-order valence-corrected chi connectivity index (χ2v) is 8.19. The van der Waals surface area contributed by atoms with Crippen LogP contribution in [0.2, 0.25) is 0 Å². The van der Waals surface area contributed by atoms with Crippen molar-refractivity contribution in [1.82, 2.24) is 0 Å². The van der Waals surface area contributed by atoms with E-state index in [1.807, 2.05) is 0 Å². The van der Waals surface area contributed by atoms with Crippen LogP contribution >= 0.6 is 0 Å². The van der Waals surface area contributed by atoms with Crippen molar-refractivity contribution in [3.8, 4) is 11.5 Å². The molecule has 0 N–H and O–H groups in total. The van der Waals surface area contributed by atoms with Crippen LogP contribution in [0.5, 0.6) is 11.5 Å². The zero-order valence-corrected chi connectivity index (χ0v) is 15.9. The highest BCUT2D eigenvalue weighted by molar-refractivity contribution is 5.75. The van der Waals surface area contributed by atoms with E-state index < -0.39 is 23.9 Å². The molecule has 156 valence electrons. The highest BCUT2D eigenvalue weighted by atomic mass is 19.4. The molecule has 2 saturated carbocycles. The molecule has 0 unspecified atom stereocenters. The molecule has 3 rings (SSSR count). The molecule has 0 atom stereocenters.